The predicted octanol–water partition coefficient (Wildman–Crippen LogP) is 3.22. The van der Waals surface area contributed by atoms with Crippen LogP contribution in [0.2, 0.25) is 5.02 Å². The van der Waals surface area contributed by atoms with Crippen LogP contribution in [0.5, 0.6) is 0 Å². The fourth-order valence-electron chi connectivity index (χ4n) is 1.90. The van der Waals surface area contributed by atoms with Gasteiger partial charge in [0.25, 0.3) is 0 Å². The summed E-state index contributed by atoms with van der Waals surface area (Å²) in [4.78, 5) is 0.193. The Kier molecular flexibility index (Phi) is 5.86. The summed E-state index contributed by atoms with van der Waals surface area (Å²) in [5.41, 5.74) is 6.01. The van der Waals surface area contributed by atoms with E-state index in [-0.39, 0.29) is 21.8 Å². The zero-order valence-electron chi connectivity index (χ0n) is 12.4. The van der Waals surface area contributed by atoms with E-state index in [0.29, 0.717) is 18.8 Å². The smallest absolute Gasteiger partial charge is 0.243 e. The number of nitrogens with zero attached hydrogens (tertiary/aromatic N) is 1. The lowest BCUT2D eigenvalue weighted by Crippen LogP contribution is -2.37. The summed E-state index contributed by atoms with van der Waals surface area (Å²) in [6.45, 7) is 8.97. The van der Waals surface area contributed by atoms with Crippen molar-refractivity contribution in [3.05, 3.63) is 23.2 Å². The van der Waals surface area contributed by atoms with Gasteiger partial charge in [-0.1, -0.05) is 39.3 Å². The summed E-state index contributed by atoms with van der Waals surface area (Å²) in [5, 5.41) is 0.264. The molecule has 1 aromatic carbocycles. The van der Waals surface area contributed by atoms with Crippen LogP contribution in [-0.4, -0.2) is 25.8 Å². The molecular formula is C14H23ClN2O2S. The first kappa shape index (κ1) is 17.3. The van der Waals surface area contributed by atoms with Crippen molar-refractivity contribution in [1.29, 1.82) is 0 Å². The van der Waals surface area contributed by atoms with E-state index in [2.05, 4.69) is 0 Å². The maximum Gasteiger partial charge on any atom is 0.243 e. The minimum atomic E-state index is -3.54. The monoisotopic (exact) mass is 318 g/mol. The van der Waals surface area contributed by atoms with Crippen LogP contribution in [0, 0.1) is 11.8 Å². The van der Waals surface area contributed by atoms with E-state index in [1.807, 2.05) is 27.7 Å². The second kappa shape index (κ2) is 6.78. The fourth-order valence-corrected chi connectivity index (χ4v) is 3.94. The molecule has 1 rings (SSSR count). The molecule has 0 aliphatic heterocycles. The standard InChI is InChI=1S/C14H23ClN2O2S/c1-10(2)8-17(9-11(3)4)20(18,19)12-5-6-14(16)13(15)7-12/h5-7,10-11H,8-9,16H2,1-4H3. The normalized spacial score (nSPS) is 12.6. The molecule has 0 aromatic heterocycles. The Morgan fingerprint density at radius 3 is 2.05 bits per heavy atom. The third-order valence-corrected chi connectivity index (χ3v) is 4.90. The number of sulfonamides is 1. The molecule has 0 aliphatic rings. The number of nitrogens with two attached hydrogens (primary N) is 1. The quantitative estimate of drug-likeness (QED) is 0.819. The summed E-state index contributed by atoms with van der Waals surface area (Å²) >= 11 is 5.93. The summed E-state index contributed by atoms with van der Waals surface area (Å²) in [6.07, 6.45) is 0. The zero-order valence-corrected chi connectivity index (χ0v) is 14.0. The Balaban J connectivity index is 3.17. The Morgan fingerprint density at radius 2 is 1.65 bits per heavy atom. The molecule has 0 aliphatic carbocycles. The van der Waals surface area contributed by atoms with Gasteiger partial charge in [0, 0.05) is 13.1 Å². The van der Waals surface area contributed by atoms with E-state index in [1.54, 1.807) is 0 Å². The highest BCUT2D eigenvalue weighted by Crippen LogP contribution is 2.25. The van der Waals surface area contributed by atoms with Crippen LogP contribution in [0.15, 0.2) is 23.1 Å². The van der Waals surface area contributed by atoms with Crippen molar-refractivity contribution in [2.75, 3.05) is 18.8 Å². The molecule has 0 unspecified atom stereocenters. The molecular weight excluding hydrogens is 296 g/mol. The van der Waals surface area contributed by atoms with E-state index < -0.39 is 10.0 Å². The highest BCUT2D eigenvalue weighted by molar-refractivity contribution is 7.89. The van der Waals surface area contributed by atoms with Crippen molar-refractivity contribution >= 4 is 27.3 Å². The number of anilines is 1. The van der Waals surface area contributed by atoms with Crippen molar-refractivity contribution < 1.29 is 8.42 Å². The van der Waals surface area contributed by atoms with Crippen molar-refractivity contribution in [3.63, 3.8) is 0 Å². The van der Waals surface area contributed by atoms with Crippen molar-refractivity contribution in [1.82, 2.24) is 4.31 Å². The van der Waals surface area contributed by atoms with Crippen molar-refractivity contribution in [2.45, 2.75) is 32.6 Å². The summed E-state index contributed by atoms with van der Waals surface area (Å²) in [5.74, 6) is 0.514. The minimum absolute atomic E-state index is 0.193. The molecule has 0 amide bonds. The maximum atomic E-state index is 12.7. The Labute approximate surface area is 127 Å². The van der Waals surface area contributed by atoms with E-state index in [0.717, 1.165) is 0 Å². The second-order valence-corrected chi connectivity index (χ2v) is 8.14. The van der Waals surface area contributed by atoms with Crippen LogP contribution in [0.4, 0.5) is 5.69 Å². The van der Waals surface area contributed by atoms with Crippen LogP contribution in [-0.2, 0) is 10.0 Å². The molecule has 0 atom stereocenters. The topological polar surface area (TPSA) is 63.4 Å². The molecule has 0 fully saturated rings. The molecule has 114 valence electrons. The van der Waals surface area contributed by atoms with Crippen LogP contribution in [0.25, 0.3) is 0 Å². The molecule has 0 saturated heterocycles. The minimum Gasteiger partial charge on any atom is -0.398 e. The van der Waals surface area contributed by atoms with Gasteiger partial charge in [-0.25, -0.2) is 8.42 Å². The average Bonchev–Trinajstić information content (AvgIpc) is 2.30. The number of hydrogen-bond donors (Lipinski definition) is 1. The molecule has 20 heavy (non-hydrogen) atoms. The highest BCUT2D eigenvalue weighted by Gasteiger charge is 2.26. The van der Waals surface area contributed by atoms with E-state index in [1.165, 1.54) is 22.5 Å². The van der Waals surface area contributed by atoms with E-state index >= 15 is 0 Å². The van der Waals surface area contributed by atoms with Gasteiger partial charge in [-0.15, -0.1) is 0 Å². The molecule has 0 radical (unpaired) electrons. The Bertz CT molecular complexity index is 546. The molecule has 0 bridgehead atoms. The van der Waals surface area contributed by atoms with Gasteiger partial charge in [0.15, 0.2) is 0 Å². The van der Waals surface area contributed by atoms with Gasteiger partial charge in [0.1, 0.15) is 0 Å². The molecule has 0 saturated carbocycles. The maximum absolute atomic E-state index is 12.7. The van der Waals surface area contributed by atoms with Gasteiger partial charge in [-0.05, 0) is 30.0 Å². The lowest BCUT2D eigenvalue weighted by molar-refractivity contribution is 0.333. The lowest BCUT2D eigenvalue weighted by atomic mass is 10.2. The highest BCUT2D eigenvalue weighted by atomic mass is 35.5. The molecule has 4 nitrogen and oxygen atoms in total. The summed E-state index contributed by atoms with van der Waals surface area (Å²) < 4.78 is 26.9. The molecule has 6 heteroatoms. The number of hydrogen-bond acceptors (Lipinski definition) is 3. The number of halogens is 1. The third kappa shape index (κ3) is 4.36. The number of rotatable bonds is 6. The van der Waals surface area contributed by atoms with Crippen LogP contribution in [0.1, 0.15) is 27.7 Å². The molecule has 0 spiro atoms. The van der Waals surface area contributed by atoms with Gasteiger partial charge in [0.2, 0.25) is 10.0 Å². The van der Waals surface area contributed by atoms with Crippen molar-refractivity contribution in [3.8, 4) is 0 Å². The van der Waals surface area contributed by atoms with Crippen molar-refractivity contribution in [2.24, 2.45) is 11.8 Å². The van der Waals surface area contributed by atoms with Gasteiger partial charge in [-0.2, -0.15) is 4.31 Å². The molecule has 1 aromatic rings. The first-order valence-corrected chi connectivity index (χ1v) is 8.51. The summed E-state index contributed by atoms with van der Waals surface area (Å²) in [6, 6.07) is 4.45. The van der Waals surface area contributed by atoms with E-state index in [9.17, 15) is 8.42 Å². The SMILES string of the molecule is CC(C)CN(CC(C)C)S(=O)(=O)c1ccc(N)c(Cl)c1. The third-order valence-electron chi connectivity index (χ3n) is 2.75. The lowest BCUT2D eigenvalue weighted by Gasteiger charge is -2.25. The zero-order chi connectivity index (χ0) is 15.5. The molecule has 0 heterocycles. The molecule has 2 N–H and O–H groups in total. The largest absolute Gasteiger partial charge is 0.398 e. The van der Waals surface area contributed by atoms with Gasteiger partial charge < -0.3 is 5.73 Å². The fraction of sp³-hybridized carbons (Fsp3) is 0.571. The Hall–Kier alpha value is -0.780. The summed E-state index contributed by atoms with van der Waals surface area (Å²) in [7, 11) is -3.54. The number of nitrogen functional groups attached to an aromatic ring is 1. The first-order valence-electron chi connectivity index (χ1n) is 6.69. The van der Waals surface area contributed by atoms with Gasteiger partial charge in [-0.3, -0.25) is 0 Å². The number of benzene rings is 1. The van der Waals surface area contributed by atoms with Crippen LogP contribution in [0.3, 0.4) is 0 Å². The van der Waals surface area contributed by atoms with Crippen LogP contribution >= 0.6 is 11.6 Å². The van der Waals surface area contributed by atoms with Gasteiger partial charge >= 0.3 is 0 Å². The second-order valence-electron chi connectivity index (χ2n) is 5.79. The van der Waals surface area contributed by atoms with Gasteiger partial charge in [0.05, 0.1) is 15.6 Å². The first-order chi connectivity index (χ1) is 9.14. The van der Waals surface area contributed by atoms with E-state index in [4.69, 9.17) is 17.3 Å². The van der Waals surface area contributed by atoms with Crippen LogP contribution < -0.4 is 5.73 Å². The predicted molar refractivity (Wildman–Crippen MR) is 84.3 cm³/mol. The average molecular weight is 319 g/mol. The Morgan fingerprint density at radius 1 is 1.15 bits per heavy atom.